The van der Waals surface area contributed by atoms with E-state index in [9.17, 15) is 4.39 Å². The summed E-state index contributed by atoms with van der Waals surface area (Å²) in [4.78, 5) is 0.554. The zero-order chi connectivity index (χ0) is 10.0. The Morgan fingerprint density at radius 1 is 1.38 bits per heavy atom. The van der Waals surface area contributed by atoms with Crippen LogP contribution in [-0.2, 0) is 0 Å². The third-order valence-corrected chi connectivity index (χ3v) is 2.61. The minimum atomic E-state index is -1.75. The van der Waals surface area contributed by atoms with Gasteiger partial charge in [-0.2, -0.15) is 0 Å². The molecule has 0 amide bonds. The number of hydrogen-bond acceptors (Lipinski definition) is 3. The first-order chi connectivity index (χ1) is 6.07. The smallest absolute Gasteiger partial charge is 0.423 e. The molecule has 13 heavy (non-hydrogen) atoms. The van der Waals surface area contributed by atoms with E-state index in [1.54, 1.807) is 25.3 Å². The highest BCUT2D eigenvalue weighted by molar-refractivity contribution is 7.98. The van der Waals surface area contributed by atoms with Crippen LogP contribution in [0.15, 0.2) is 17.0 Å². The van der Waals surface area contributed by atoms with Gasteiger partial charge in [-0.15, -0.1) is 11.8 Å². The van der Waals surface area contributed by atoms with Crippen LogP contribution in [0, 0.1) is 12.7 Å². The molecule has 1 rings (SSSR count). The van der Waals surface area contributed by atoms with Gasteiger partial charge in [-0.1, -0.05) is 6.07 Å². The van der Waals surface area contributed by atoms with Crippen LogP contribution in [-0.4, -0.2) is 23.4 Å². The van der Waals surface area contributed by atoms with Gasteiger partial charge in [0.25, 0.3) is 0 Å². The largest absolute Gasteiger partial charge is 0.492 e. The lowest BCUT2D eigenvalue weighted by atomic mass is 9.79. The van der Waals surface area contributed by atoms with Crippen LogP contribution >= 0.6 is 11.8 Å². The van der Waals surface area contributed by atoms with Crippen molar-refractivity contribution < 1.29 is 14.4 Å². The van der Waals surface area contributed by atoms with Gasteiger partial charge in [-0.25, -0.2) is 4.39 Å². The van der Waals surface area contributed by atoms with Gasteiger partial charge in [0.2, 0.25) is 0 Å². The molecule has 0 heterocycles. The van der Waals surface area contributed by atoms with E-state index in [2.05, 4.69) is 0 Å². The topological polar surface area (TPSA) is 40.5 Å². The molecular formula is C8H10BFO2S. The quantitative estimate of drug-likeness (QED) is 0.540. The minimum absolute atomic E-state index is 0.0347. The van der Waals surface area contributed by atoms with E-state index in [0.29, 0.717) is 10.5 Å². The molecule has 0 radical (unpaired) electrons. The van der Waals surface area contributed by atoms with Crippen LogP contribution in [0.4, 0.5) is 4.39 Å². The maximum Gasteiger partial charge on any atom is 0.492 e. The van der Waals surface area contributed by atoms with Crippen molar-refractivity contribution in [2.24, 2.45) is 0 Å². The average Bonchev–Trinajstić information content (AvgIpc) is 2.08. The van der Waals surface area contributed by atoms with Crippen molar-refractivity contribution in [1.82, 2.24) is 0 Å². The summed E-state index contributed by atoms with van der Waals surface area (Å²) in [5.41, 5.74) is 0.383. The van der Waals surface area contributed by atoms with E-state index in [1.165, 1.54) is 11.8 Å². The van der Waals surface area contributed by atoms with Crippen molar-refractivity contribution in [3.05, 3.63) is 23.5 Å². The van der Waals surface area contributed by atoms with Crippen molar-refractivity contribution in [2.45, 2.75) is 11.8 Å². The van der Waals surface area contributed by atoms with Crippen molar-refractivity contribution in [2.75, 3.05) is 6.26 Å². The Kier molecular flexibility index (Phi) is 3.36. The molecular weight excluding hydrogens is 190 g/mol. The summed E-state index contributed by atoms with van der Waals surface area (Å²) < 4.78 is 13.4. The first-order valence-corrected chi connectivity index (χ1v) is 4.99. The summed E-state index contributed by atoms with van der Waals surface area (Å²) in [5, 5.41) is 17.9. The van der Waals surface area contributed by atoms with E-state index in [1.807, 2.05) is 0 Å². The maximum atomic E-state index is 13.4. The maximum absolute atomic E-state index is 13.4. The van der Waals surface area contributed by atoms with Gasteiger partial charge in [-0.3, -0.25) is 0 Å². The molecule has 5 heteroatoms. The Labute approximate surface area is 80.9 Å². The third-order valence-electron chi connectivity index (χ3n) is 1.81. The van der Waals surface area contributed by atoms with Crippen LogP contribution in [0.5, 0.6) is 0 Å². The van der Waals surface area contributed by atoms with E-state index < -0.39 is 12.9 Å². The summed E-state index contributed by atoms with van der Waals surface area (Å²) in [6.07, 6.45) is 1.76. The van der Waals surface area contributed by atoms with E-state index in [-0.39, 0.29) is 5.46 Å². The summed E-state index contributed by atoms with van der Waals surface area (Å²) in [7, 11) is -1.75. The van der Waals surface area contributed by atoms with Crippen LogP contribution < -0.4 is 5.46 Å². The first-order valence-electron chi connectivity index (χ1n) is 3.77. The number of hydrogen-bond donors (Lipinski definition) is 2. The highest BCUT2D eigenvalue weighted by atomic mass is 32.2. The van der Waals surface area contributed by atoms with Crippen LogP contribution in [0.25, 0.3) is 0 Å². The van der Waals surface area contributed by atoms with Crippen molar-refractivity contribution >= 4 is 24.3 Å². The third kappa shape index (κ3) is 2.04. The first kappa shape index (κ1) is 10.6. The summed E-state index contributed by atoms with van der Waals surface area (Å²) in [5.74, 6) is -0.540. The monoisotopic (exact) mass is 200 g/mol. The van der Waals surface area contributed by atoms with Crippen LogP contribution in [0.1, 0.15) is 5.56 Å². The Morgan fingerprint density at radius 2 is 2.00 bits per heavy atom. The van der Waals surface area contributed by atoms with Gasteiger partial charge < -0.3 is 10.0 Å². The molecule has 0 fully saturated rings. The Bertz CT molecular complexity index is 317. The van der Waals surface area contributed by atoms with Gasteiger partial charge in [0.15, 0.2) is 0 Å². The van der Waals surface area contributed by atoms with Crippen LogP contribution in [0.3, 0.4) is 0 Å². The predicted molar refractivity (Wildman–Crippen MR) is 52.7 cm³/mol. The molecule has 0 saturated heterocycles. The fourth-order valence-electron chi connectivity index (χ4n) is 1.10. The van der Waals surface area contributed by atoms with E-state index >= 15 is 0 Å². The van der Waals surface area contributed by atoms with Crippen molar-refractivity contribution in [3.8, 4) is 0 Å². The molecule has 0 aliphatic rings. The number of benzene rings is 1. The van der Waals surface area contributed by atoms with Gasteiger partial charge in [-0.05, 0) is 24.8 Å². The Balaban J connectivity index is 3.32. The molecule has 0 aliphatic heterocycles. The molecule has 1 aromatic carbocycles. The Morgan fingerprint density at radius 3 is 2.46 bits per heavy atom. The fourth-order valence-corrected chi connectivity index (χ4v) is 1.72. The molecule has 0 bridgehead atoms. The molecule has 0 unspecified atom stereocenters. The van der Waals surface area contributed by atoms with Gasteiger partial charge >= 0.3 is 7.12 Å². The normalized spacial score (nSPS) is 10.2. The molecule has 1 aromatic rings. The molecule has 0 atom stereocenters. The van der Waals surface area contributed by atoms with Gasteiger partial charge in [0, 0.05) is 10.4 Å². The second-order valence-electron chi connectivity index (χ2n) is 2.69. The highest BCUT2D eigenvalue weighted by Gasteiger charge is 2.21. The zero-order valence-corrected chi connectivity index (χ0v) is 8.23. The molecule has 0 aliphatic carbocycles. The second-order valence-corrected chi connectivity index (χ2v) is 3.53. The lowest BCUT2D eigenvalue weighted by Crippen LogP contribution is -2.35. The molecule has 0 aromatic heterocycles. The summed E-state index contributed by atoms with van der Waals surface area (Å²) in [6, 6.07) is 3.30. The fraction of sp³-hybridized carbons (Fsp3) is 0.250. The number of thioether (sulfide) groups is 1. The number of aryl methyl sites for hydroxylation is 1. The minimum Gasteiger partial charge on any atom is -0.423 e. The van der Waals surface area contributed by atoms with Crippen molar-refractivity contribution in [1.29, 1.82) is 0 Å². The van der Waals surface area contributed by atoms with Crippen molar-refractivity contribution in [3.63, 3.8) is 0 Å². The SMILES string of the molecule is CSc1ccc(C)c(F)c1B(O)O. The summed E-state index contributed by atoms with van der Waals surface area (Å²) >= 11 is 1.29. The highest BCUT2D eigenvalue weighted by Crippen LogP contribution is 2.16. The number of rotatable bonds is 2. The molecule has 0 spiro atoms. The second kappa shape index (κ2) is 4.13. The zero-order valence-electron chi connectivity index (χ0n) is 7.41. The molecule has 0 saturated carbocycles. The standard InChI is InChI=1S/C8H10BFO2S/c1-5-3-4-6(13-2)7(8(5)10)9(11)12/h3-4,11-12H,1-2H3. The van der Waals surface area contributed by atoms with E-state index in [4.69, 9.17) is 10.0 Å². The average molecular weight is 200 g/mol. The lowest BCUT2D eigenvalue weighted by molar-refractivity contribution is 0.421. The van der Waals surface area contributed by atoms with E-state index in [0.717, 1.165) is 0 Å². The Hall–Kier alpha value is -0.515. The summed E-state index contributed by atoms with van der Waals surface area (Å²) in [6.45, 7) is 1.59. The van der Waals surface area contributed by atoms with Gasteiger partial charge in [0.1, 0.15) is 5.82 Å². The number of halogens is 1. The van der Waals surface area contributed by atoms with Gasteiger partial charge in [0.05, 0.1) is 0 Å². The predicted octanol–water partition coefficient (Wildman–Crippen LogP) is 0.536. The lowest BCUT2D eigenvalue weighted by Gasteiger charge is -2.09. The molecule has 2 N–H and O–H groups in total. The molecule has 70 valence electrons. The van der Waals surface area contributed by atoms with Crippen LogP contribution in [0.2, 0.25) is 0 Å². The molecule has 2 nitrogen and oxygen atoms in total.